The highest BCUT2D eigenvalue weighted by molar-refractivity contribution is 7.98. The maximum absolute atomic E-state index is 10.9. The van der Waals surface area contributed by atoms with Gasteiger partial charge in [-0.3, -0.25) is 14.9 Å². The number of hydrogen-bond donors (Lipinski definition) is 0. The summed E-state index contributed by atoms with van der Waals surface area (Å²) in [5, 5.41) is 10.8. The van der Waals surface area contributed by atoms with Gasteiger partial charge in [0.2, 0.25) is 0 Å². The molecule has 0 saturated heterocycles. The summed E-state index contributed by atoms with van der Waals surface area (Å²) in [5.74, 6) is 1.03. The minimum absolute atomic E-state index is 0.00543. The largest absolute Gasteiger partial charge is 0.456 e. The van der Waals surface area contributed by atoms with E-state index < -0.39 is 4.92 Å². The van der Waals surface area contributed by atoms with Crippen molar-refractivity contribution in [3.63, 3.8) is 0 Å². The Labute approximate surface area is 119 Å². The summed E-state index contributed by atoms with van der Waals surface area (Å²) in [4.78, 5) is 22.0. The number of thioether (sulfide) groups is 1. The van der Waals surface area contributed by atoms with Crippen molar-refractivity contribution in [2.75, 3.05) is 6.26 Å². The Morgan fingerprint density at radius 2 is 2.00 bits per heavy atom. The lowest BCUT2D eigenvalue weighted by molar-refractivity contribution is -0.385. The Hall–Kier alpha value is -2.34. The van der Waals surface area contributed by atoms with E-state index in [0.717, 1.165) is 4.90 Å². The van der Waals surface area contributed by atoms with Gasteiger partial charge in [0.05, 0.1) is 10.5 Å². The molecular weight excluding hydrogens is 278 g/mol. The maximum atomic E-state index is 10.9. The van der Waals surface area contributed by atoms with Crippen LogP contribution < -0.4 is 4.74 Å². The maximum Gasteiger partial charge on any atom is 0.280 e. The highest BCUT2D eigenvalue weighted by Crippen LogP contribution is 2.32. The average Bonchev–Trinajstić information content (AvgIpc) is 2.47. The summed E-state index contributed by atoms with van der Waals surface area (Å²) < 4.78 is 5.68. The summed E-state index contributed by atoms with van der Waals surface area (Å²) in [6.07, 6.45) is 2.38. The highest BCUT2D eigenvalue weighted by atomic mass is 32.2. The average molecular weight is 289 g/mol. The molecule has 0 N–H and O–H groups in total. The third kappa shape index (κ3) is 2.97. The van der Waals surface area contributed by atoms with Crippen molar-refractivity contribution in [2.45, 2.75) is 4.90 Å². The molecule has 102 valence electrons. The number of benzene rings is 2. The lowest BCUT2D eigenvalue weighted by Gasteiger charge is -2.09. The Kier molecular flexibility index (Phi) is 4.37. The van der Waals surface area contributed by atoms with Crippen LogP contribution in [0.1, 0.15) is 10.4 Å². The number of carbonyl (C=O) groups excluding carboxylic acids is 1. The van der Waals surface area contributed by atoms with Crippen molar-refractivity contribution in [1.29, 1.82) is 0 Å². The van der Waals surface area contributed by atoms with Gasteiger partial charge in [0.15, 0.2) is 6.29 Å². The molecule has 2 rings (SSSR count). The zero-order chi connectivity index (χ0) is 14.5. The first-order valence-corrected chi connectivity index (χ1v) is 6.92. The zero-order valence-electron chi connectivity index (χ0n) is 10.6. The number of hydrogen-bond acceptors (Lipinski definition) is 5. The van der Waals surface area contributed by atoms with Gasteiger partial charge in [-0.1, -0.05) is 12.1 Å². The summed E-state index contributed by atoms with van der Waals surface area (Å²) in [5.41, 5.74) is -0.236. The fraction of sp³-hybridized carbons (Fsp3) is 0.0714. The van der Waals surface area contributed by atoms with E-state index in [-0.39, 0.29) is 11.3 Å². The number of rotatable bonds is 5. The molecule has 2 aromatic carbocycles. The smallest absolute Gasteiger partial charge is 0.280 e. The normalized spacial score (nSPS) is 10.1. The molecule has 0 bridgehead atoms. The van der Waals surface area contributed by atoms with Crippen molar-refractivity contribution >= 4 is 23.7 Å². The quantitative estimate of drug-likeness (QED) is 0.361. The van der Waals surface area contributed by atoms with Gasteiger partial charge in [0.1, 0.15) is 11.5 Å². The molecule has 0 saturated carbocycles. The van der Waals surface area contributed by atoms with Gasteiger partial charge in [-0.25, -0.2) is 0 Å². The molecule has 6 heteroatoms. The number of ether oxygens (including phenoxy) is 1. The van der Waals surface area contributed by atoms with Gasteiger partial charge < -0.3 is 4.74 Å². The third-order valence-electron chi connectivity index (χ3n) is 2.62. The molecule has 0 unspecified atom stereocenters. The predicted molar refractivity (Wildman–Crippen MR) is 76.8 cm³/mol. The molecule has 0 amide bonds. The van der Waals surface area contributed by atoms with Crippen molar-refractivity contribution in [3.05, 3.63) is 58.1 Å². The van der Waals surface area contributed by atoms with E-state index in [0.29, 0.717) is 17.8 Å². The van der Waals surface area contributed by atoms with E-state index in [1.54, 1.807) is 6.07 Å². The topological polar surface area (TPSA) is 69.4 Å². The lowest BCUT2D eigenvalue weighted by Crippen LogP contribution is -1.95. The van der Waals surface area contributed by atoms with E-state index in [9.17, 15) is 14.9 Å². The fourth-order valence-electron chi connectivity index (χ4n) is 1.69. The molecule has 5 nitrogen and oxygen atoms in total. The van der Waals surface area contributed by atoms with Gasteiger partial charge in [0, 0.05) is 11.0 Å². The Balaban J connectivity index is 2.35. The fourth-order valence-corrected chi connectivity index (χ4v) is 2.21. The van der Waals surface area contributed by atoms with Gasteiger partial charge >= 0.3 is 0 Å². The van der Waals surface area contributed by atoms with Crippen LogP contribution in [-0.2, 0) is 0 Å². The van der Waals surface area contributed by atoms with E-state index in [4.69, 9.17) is 4.74 Å². The second-order valence-electron chi connectivity index (χ2n) is 3.85. The number of nitro groups is 1. The SMILES string of the molecule is CSc1ccccc1Oc1ccc([N+](=O)[O-])c(C=O)c1. The Morgan fingerprint density at radius 3 is 2.65 bits per heavy atom. The van der Waals surface area contributed by atoms with Crippen molar-refractivity contribution in [3.8, 4) is 11.5 Å². The van der Waals surface area contributed by atoms with E-state index in [2.05, 4.69) is 0 Å². The standard InChI is InChI=1S/C14H11NO4S/c1-20-14-5-3-2-4-13(14)19-11-6-7-12(15(17)18)10(8-11)9-16/h2-9H,1H3. The van der Waals surface area contributed by atoms with Crippen LogP contribution in [0.25, 0.3) is 0 Å². The molecule has 0 atom stereocenters. The van der Waals surface area contributed by atoms with Crippen LogP contribution in [0.15, 0.2) is 47.4 Å². The zero-order valence-corrected chi connectivity index (χ0v) is 11.4. The van der Waals surface area contributed by atoms with E-state index in [1.807, 2.05) is 24.5 Å². The van der Waals surface area contributed by atoms with Gasteiger partial charge in [-0.2, -0.15) is 0 Å². The lowest BCUT2D eigenvalue weighted by atomic mass is 10.2. The first kappa shape index (κ1) is 14.1. The van der Waals surface area contributed by atoms with E-state index in [1.165, 1.54) is 30.0 Å². The monoisotopic (exact) mass is 289 g/mol. The molecule has 20 heavy (non-hydrogen) atoms. The van der Waals surface area contributed by atoms with Gasteiger partial charge in [-0.05, 0) is 30.5 Å². The molecular formula is C14H11NO4S. The molecule has 0 fully saturated rings. The minimum Gasteiger partial charge on any atom is -0.456 e. The Bertz CT molecular complexity index is 657. The van der Waals surface area contributed by atoms with Crippen LogP contribution in [0.3, 0.4) is 0 Å². The second-order valence-corrected chi connectivity index (χ2v) is 4.70. The first-order valence-electron chi connectivity index (χ1n) is 5.70. The predicted octanol–water partition coefficient (Wildman–Crippen LogP) is 3.92. The first-order chi connectivity index (χ1) is 9.65. The van der Waals surface area contributed by atoms with Crippen molar-refractivity contribution in [2.24, 2.45) is 0 Å². The summed E-state index contributed by atoms with van der Waals surface area (Å²) in [7, 11) is 0. The van der Waals surface area contributed by atoms with Crippen LogP contribution in [0, 0.1) is 10.1 Å². The number of carbonyl (C=O) groups is 1. The minimum atomic E-state index is -0.594. The van der Waals surface area contributed by atoms with E-state index >= 15 is 0 Å². The van der Waals surface area contributed by atoms with Crippen LogP contribution in [0.5, 0.6) is 11.5 Å². The summed E-state index contributed by atoms with van der Waals surface area (Å²) >= 11 is 1.53. The Morgan fingerprint density at radius 1 is 1.25 bits per heavy atom. The molecule has 0 spiro atoms. The van der Waals surface area contributed by atoms with Crippen molar-refractivity contribution in [1.82, 2.24) is 0 Å². The molecule has 0 heterocycles. The highest BCUT2D eigenvalue weighted by Gasteiger charge is 2.14. The molecule has 0 aliphatic heterocycles. The third-order valence-corrected chi connectivity index (χ3v) is 3.40. The number of nitro benzene ring substituents is 1. The van der Waals surface area contributed by atoms with Crippen LogP contribution in [0.4, 0.5) is 5.69 Å². The molecule has 2 aromatic rings. The molecule has 0 aromatic heterocycles. The van der Waals surface area contributed by atoms with Gasteiger partial charge in [-0.15, -0.1) is 11.8 Å². The van der Waals surface area contributed by atoms with Crippen LogP contribution >= 0.6 is 11.8 Å². The summed E-state index contributed by atoms with van der Waals surface area (Å²) in [6.45, 7) is 0. The number of aldehydes is 1. The van der Waals surface area contributed by atoms with Crippen LogP contribution in [0.2, 0.25) is 0 Å². The molecule has 0 radical (unpaired) electrons. The van der Waals surface area contributed by atoms with Gasteiger partial charge in [0.25, 0.3) is 5.69 Å². The summed E-state index contributed by atoms with van der Waals surface area (Å²) in [6, 6.07) is 11.5. The van der Waals surface area contributed by atoms with Crippen molar-refractivity contribution < 1.29 is 14.5 Å². The second kappa shape index (κ2) is 6.21. The number of nitrogens with zero attached hydrogens (tertiary/aromatic N) is 1. The molecule has 0 aliphatic rings. The van der Waals surface area contributed by atoms with Crippen LogP contribution in [-0.4, -0.2) is 17.5 Å². The number of para-hydroxylation sites is 1. The molecule has 0 aliphatic carbocycles.